The lowest BCUT2D eigenvalue weighted by atomic mass is 10.0. The van der Waals surface area contributed by atoms with E-state index in [1.165, 1.54) is 16.7 Å². The molecule has 0 bridgehead atoms. The Labute approximate surface area is 135 Å². The molecule has 0 saturated heterocycles. The number of pyridine rings is 1. The second kappa shape index (κ2) is 5.54. The monoisotopic (exact) mass is 309 g/mol. The molecule has 0 atom stereocenters. The van der Waals surface area contributed by atoms with Crippen LogP contribution in [-0.2, 0) is 6.42 Å². The molecule has 4 heteroatoms. The van der Waals surface area contributed by atoms with E-state index in [1.54, 1.807) is 0 Å². The number of nitrogens with two attached hydrogens (primary N) is 1. The van der Waals surface area contributed by atoms with Crippen LogP contribution in [0.25, 0.3) is 16.9 Å². The molecule has 2 aromatic heterocycles. The van der Waals surface area contributed by atoms with Gasteiger partial charge < -0.3 is 10.1 Å². The van der Waals surface area contributed by atoms with Gasteiger partial charge in [-0.2, -0.15) is 0 Å². The molecule has 0 aliphatic carbocycles. The lowest BCUT2D eigenvalue weighted by Gasteiger charge is -2.08. The van der Waals surface area contributed by atoms with Crippen LogP contribution in [0.1, 0.15) is 22.4 Å². The first kappa shape index (κ1) is 14.7. The van der Waals surface area contributed by atoms with Crippen molar-refractivity contribution >= 4 is 22.9 Å². The van der Waals surface area contributed by atoms with Crippen molar-refractivity contribution in [3.8, 4) is 11.3 Å². The maximum Gasteiger partial charge on any atom is 0.137 e. The van der Waals surface area contributed by atoms with Gasteiger partial charge in [-0.05, 0) is 44.0 Å². The number of imidazole rings is 1. The highest BCUT2D eigenvalue weighted by atomic mass is 32.1. The Morgan fingerprint density at radius 1 is 1.14 bits per heavy atom. The van der Waals surface area contributed by atoms with Crippen LogP contribution >= 0.6 is 12.2 Å². The number of aryl methyl sites for hydroxylation is 3. The van der Waals surface area contributed by atoms with Gasteiger partial charge in [0, 0.05) is 18.2 Å². The van der Waals surface area contributed by atoms with Gasteiger partial charge in [0.2, 0.25) is 0 Å². The van der Waals surface area contributed by atoms with E-state index < -0.39 is 0 Å². The maximum absolute atomic E-state index is 5.80. The lowest BCUT2D eigenvalue weighted by molar-refractivity contribution is 1.07. The van der Waals surface area contributed by atoms with Crippen LogP contribution in [0.15, 0.2) is 36.5 Å². The second-order valence-corrected chi connectivity index (χ2v) is 6.33. The van der Waals surface area contributed by atoms with Crippen LogP contribution < -0.4 is 5.73 Å². The number of thiocarbonyl (C=S) groups is 1. The number of aromatic nitrogens is 2. The van der Waals surface area contributed by atoms with Gasteiger partial charge in [-0.1, -0.05) is 36.0 Å². The van der Waals surface area contributed by atoms with Crippen molar-refractivity contribution in [3.05, 3.63) is 58.9 Å². The topological polar surface area (TPSA) is 43.3 Å². The van der Waals surface area contributed by atoms with Gasteiger partial charge in [-0.25, -0.2) is 4.98 Å². The average Bonchev–Trinajstić information content (AvgIpc) is 2.76. The molecule has 112 valence electrons. The summed E-state index contributed by atoms with van der Waals surface area (Å²) in [4.78, 5) is 5.32. The highest BCUT2D eigenvalue weighted by Crippen LogP contribution is 2.28. The Morgan fingerprint density at radius 3 is 2.55 bits per heavy atom. The van der Waals surface area contributed by atoms with Gasteiger partial charge >= 0.3 is 0 Å². The van der Waals surface area contributed by atoms with Crippen LogP contribution in [0.5, 0.6) is 0 Å². The smallest absolute Gasteiger partial charge is 0.137 e. The first-order valence-electron chi connectivity index (χ1n) is 7.29. The number of fused-ring (bicyclic) bond motifs is 1. The maximum atomic E-state index is 5.80. The van der Waals surface area contributed by atoms with Crippen molar-refractivity contribution in [2.24, 2.45) is 5.73 Å². The van der Waals surface area contributed by atoms with Gasteiger partial charge in [0.25, 0.3) is 0 Å². The van der Waals surface area contributed by atoms with E-state index in [0.717, 1.165) is 22.6 Å². The van der Waals surface area contributed by atoms with Gasteiger partial charge in [-0.15, -0.1) is 0 Å². The highest BCUT2D eigenvalue weighted by Gasteiger charge is 2.16. The van der Waals surface area contributed by atoms with E-state index in [-0.39, 0.29) is 0 Å². The molecule has 0 amide bonds. The molecule has 0 aliphatic heterocycles. The Morgan fingerprint density at radius 2 is 1.86 bits per heavy atom. The fourth-order valence-corrected chi connectivity index (χ4v) is 2.96. The summed E-state index contributed by atoms with van der Waals surface area (Å²) in [5.41, 5.74) is 13.5. The Hall–Kier alpha value is -2.20. The molecule has 0 aliphatic rings. The Bertz CT molecular complexity index is 877. The average molecular weight is 309 g/mol. The van der Waals surface area contributed by atoms with Crippen molar-refractivity contribution in [1.82, 2.24) is 9.38 Å². The summed E-state index contributed by atoms with van der Waals surface area (Å²) in [6, 6.07) is 10.6. The van der Waals surface area contributed by atoms with E-state index in [4.69, 9.17) is 22.9 Å². The standard InChI is InChI=1S/C18H19N3S/c1-11-4-5-14(13(3)8-11)18-15(10-16(19)22)21-7-6-12(2)9-17(21)20-18/h4-9H,10H2,1-3H3,(H2,19,22). The molecule has 0 unspecified atom stereocenters. The summed E-state index contributed by atoms with van der Waals surface area (Å²) in [7, 11) is 0. The minimum absolute atomic E-state index is 0.480. The van der Waals surface area contributed by atoms with Crippen molar-refractivity contribution in [2.45, 2.75) is 27.2 Å². The molecule has 0 saturated carbocycles. The van der Waals surface area contributed by atoms with Crippen LogP contribution in [-0.4, -0.2) is 14.4 Å². The molecular formula is C18H19N3S. The van der Waals surface area contributed by atoms with E-state index in [1.807, 2.05) is 6.20 Å². The molecule has 3 rings (SSSR count). The fraction of sp³-hybridized carbons (Fsp3) is 0.222. The van der Waals surface area contributed by atoms with Crippen molar-refractivity contribution in [1.29, 1.82) is 0 Å². The summed E-state index contributed by atoms with van der Waals surface area (Å²) < 4.78 is 2.08. The second-order valence-electron chi connectivity index (χ2n) is 5.80. The van der Waals surface area contributed by atoms with E-state index in [9.17, 15) is 0 Å². The third-order valence-corrected chi connectivity index (χ3v) is 4.00. The molecule has 1 aromatic carbocycles. The van der Waals surface area contributed by atoms with E-state index in [2.05, 4.69) is 55.5 Å². The largest absolute Gasteiger partial charge is 0.393 e. The molecule has 2 N–H and O–H groups in total. The van der Waals surface area contributed by atoms with Crippen LogP contribution in [0.2, 0.25) is 0 Å². The van der Waals surface area contributed by atoms with Crippen molar-refractivity contribution in [3.63, 3.8) is 0 Å². The minimum atomic E-state index is 0.480. The molecule has 22 heavy (non-hydrogen) atoms. The van der Waals surface area contributed by atoms with Crippen LogP contribution in [0, 0.1) is 20.8 Å². The zero-order chi connectivity index (χ0) is 15.9. The third kappa shape index (κ3) is 2.62. The third-order valence-electron chi connectivity index (χ3n) is 3.86. The minimum Gasteiger partial charge on any atom is -0.393 e. The first-order valence-corrected chi connectivity index (χ1v) is 7.70. The van der Waals surface area contributed by atoms with Gasteiger partial charge in [0.05, 0.1) is 16.4 Å². The summed E-state index contributed by atoms with van der Waals surface area (Å²) >= 11 is 5.13. The number of nitrogens with zero attached hydrogens (tertiary/aromatic N) is 2. The summed E-state index contributed by atoms with van der Waals surface area (Å²) in [5.74, 6) is 0. The Kier molecular flexibility index (Phi) is 3.71. The summed E-state index contributed by atoms with van der Waals surface area (Å²) in [6.45, 7) is 6.28. The number of hydrogen-bond acceptors (Lipinski definition) is 2. The molecule has 2 heterocycles. The number of hydrogen-bond donors (Lipinski definition) is 1. The molecule has 0 spiro atoms. The van der Waals surface area contributed by atoms with E-state index in [0.29, 0.717) is 11.4 Å². The molecule has 0 fully saturated rings. The summed E-state index contributed by atoms with van der Waals surface area (Å²) in [5, 5.41) is 0. The highest BCUT2D eigenvalue weighted by molar-refractivity contribution is 7.80. The lowest BCUT2D eigenvalue weighted by Crippen LogP contribution is -2.13. The van der Waals surface area contributed by atoms with Gasteiger partial charge in [-0.3, -0.25) is 0 Å². The van der Waals surface area contributed by atoms with Crippen LogP contribution in [0.3, 0.4) is 0 Å². The molecular weight excluding hydrogens is 290 g/mol. The Balaban J connectivity index is 2.29. The molecule has 3 aromatic rings. The first-order chi connectivity index (χ1) is 10.5. The summed E-state index contributed by atoms with van der Waals surface area (Å²) in [6.07, 6.45) is 2.58. The predicted octanol–water partition coefficient (Wildman–Crippen LogP) is 3.76. The van der Waals surface area contributed by atoms with Gasteiger partial charge in [0.15, 0.2) is 0 Å². The fourth-order valence-electron chi connectivity index (χ4n) is 2.83. The molecule has 0 radical (unpaired) electrons. The van der Waals surface area contributed by atoms with Crippen LogP contribution in [0.4, 0.5) is 0 Å². The van der Waals surface area contributed by atoms with Crippen molar-refractivity contribution < 1.29 is 0 Å². The number of rotatable bonds is 3. The van der Waals surface area contributed by atoms with E-state index >= 15 is 0 Å². The normalized spacial score (nSPS) is 11.0. The zero-order valence-electron chi connectivity index (χ0n) is 13.1. The van der Waals surface area contributed by atoms with Gasteiger partial charge in [0.1, 0.15) is 5.65 Å². The quantitative estimate of drug-likeness (QED) is 0.749. The zero-order valence-corrected chi connectivity index (χ0v) is 13.9. The molecule has 3 nitrogen and oxygen atoms in total. The number of benzene rings is 1. The predicted molar refractivity (Wildman–Crippen MR) is 95.3 cm³/mol. The SMILES string of the molecule is Cc1ccc(-c2nc3cc(C)ccn3c2CC(N)=S)c(C)c1. The van der Waals surface area contributed by atoms with Crippen molar-refractivity contribution in [2.75, 3.05) is 0 Å².